The Bertz CT molecular complexity index is 498. The Kier molecular flexibility index (Phi) is 3.37. The molecule has 1 rings (SSSR count). The van der Waals surface area contributed by atoms with Crippen LogP contribution in [0.3, 0.4) is 0 Å². The van der Waals surface area contributed by atoms with Crippen LogP contribution in [0.5, 0.6) is 0 Å². The maximum absolute atomic E-state index is 11.8. The van der Waals surface area contributed by atoms with Crippen LogP contribution < -0.4 is 0 Å². The first-order valence-corrected chi connectivity index (χ1v) is 6.07. The molecule has 15 heavy (non-hydrogen) atoms. The molecule has 0 aliphatic rings. The number of rotatable bonds is 3. The lowest BCUT2D eigenvalue weighted by atomic mass is 10.2. The number of sulfone groups is 1. The van der Waals surface area contributed by atoms with Gasteiger partial charge >= 0.3 is 0 Å². The van der Waals surface area contributed by atoms with Crippen molar-refractivity contribution in [3.63, 3.8) is 0 Å². The van der Waals surface area contributed by atoms with Crippen LogP contribution >= 0.6 is 11.6 Å². The van der Waals surface area contributed by atoms with Crippen LogP contribution in [0, 0.1) is 6.92 Å². The Hall–Kier alpha value is -1.06. The largest absolute Gasteiger partial charge is 0.218 e. The van der Waals surface area contributed by atoms with Crippen LogP contribution in [0.1, 0.15) is 5.56 Å². The second-order valence-corrected chi connectivity index (χ2v) is 5.57. The average molecular weight is 243 g/mol. The maximum Gasteiger partial charge on any atom is 0.207 e. The van der Waals surface area contributed by atoms with Gasteiger partial charge in [0.15, 0.2) is 0 Å². The Balaban J connectivity index is 3.24. The van der Waals surface area contributed by atoms with E-state index < -0.39 is 9.84 Å². The summed E-state index contributed by atoms with van der Waals surface area (Å²) in [4.78, 5) is 0.0212. The van der Waals surface area contributed by atoms with Gasteiger partial charge in [-0.2, -0.15) is 0 Å². The van der Waals surface area contributed by atoms with Gasteiger partial charge < -0.3 is 0 Å². The van der Waals surface area contributed by atoms with E-state index in [1.54, 1.807) is 12.1 Å². The van der Waals surface area contributed by atoms with Crippen molar-refractivity contribution in [3.05, 3.63) is 52.9 Å². The van der Waals surface area contributed by atoms with E-state index in [2.05, 4.69) is 13.2 Å². The number of allylic oxidation sites excluding steroid dienone is 1. The van der Waals surface area contributed by atoms with Gasteiger partial charge in [0.2, 0.25) is 9.84 Å². The summed E-state index contributed by atoms with van der Waals surface area (Å²) in [6.45, 7) is 8.64. The highest BCUT2D eigenvalue weighted by molar-refractivity contribution is 7.95. The minimum Gasteiger partial charge on any atom is -0.218 e. The van der Waals surface area contributed by atoms with Gasteiger partial charge in [-0.05, 0) is 19.1 Å². The first kappa shape index (κ1) is 12.0. The Labute approximate surface area is 94.8 Å². The lowest BCUT2D eigenvalue weighted by molar-refractivity contribution is 0.603. The second-order valence-electron chi connectivity index (χ2n) is 3.14. The molecule has 0 aliphatic heterocycles. The van der Waals surface area contributed by atoms with Crippen molar-refractivity contribution in [2.24, 2.45) is 0 Å². The zero-order chi connectivity index (χ0) is 11.6. The van der Waals surface area contributed by atoms with E-state index in [9.17, 15) is 8.42 Å². The molecule has 0 N–H and O–H groups in total. The van der Waals surface area contributed by atoms with Crippen LogP contribution in [0.15, 0.2) is 52.3 Å². The molecule has 0 heterocycles. The van der Waals surface area contributed by atoms with E-state index in [4.69, 9.17) is 11.6 Å². The van der Waals surface area contributed by atoms with Gasteiger partial charge in [0.05, 0.1) is 14.8 Å². The third-order valence-electron chi connectivity index (χ3n) is 1.96. The molecule has 0 spiro atoms. The van der Waals surface area contributed by atoms with E-state index in [0.717, 1.165) is 5.56 Å². The Morgan fingerprint density at radius 2 is 1.67 bits per heavy atom. The van der Waals surface area contributed by atoms with Crippen LogP contribution in [0.25, 0.3) is 0 Å². The molecule has 0 atom stereocenters. The van der Waals surface area contributed by atoms with Crippen molar-refractivity contribution < 1.29 is 8.42 Å². The fraction of sp³-hybridized carbons (Fsp3) is 0.0909. The molecule has 1 aromatic carbocycles. The smallest absolute Gasteiger partial charge is 0.207 e. The number of halogens is 1. The fourth-order valence-corrected chi connectivity index (χ4v) is 2.38. The molecule has 0 unspecified atom stereocenters. The molecule has 80 valence electrons. The molecular formula is C11H11ClO2S. The first-order chi connectivity index (χ1) is 6.85. The molecule has 0 radical (unpaired) electrons. The standard InChI is InChI=1S/C11H11ClO2S/c1-8-4-6-11(7-5-8)15(13,14)10(3)9(2)12/h4-7H,2-3H2,1H3. The Morgan fingerprint density at radius 3 is 2.07 bits per heavy atom. The molecule has 0 bridgehead atoms. The average Bonchev–Trinajstić information content (AvgIpc) is 2.17. The summed E-state index contributed by atoms with van der Waals surface area (Å²) < 4.78 is 23.7. The van der Waals surface area contributed by atoms with Gasteiger partial charge in [0.1, 0.15) is 0 Å². The van der Waals surface area contributed by atoms with Crippen molar-refractivity contribution in [2.45, 2.75) is 11.8 Å². The van der Waals surface area contributed by atoms with Gasteiger partial charge in [-0.1, -0.05) is 42.5 Å². The third-order valence-corrected chi connectivity index (χ3v) is 4.09. The van der Waals surface area contributed by atoms with Gasteiger partial charge in [-0.25, -0.2) is 8.42 Å². The summed E-state index contributed by atoms with van der Waals surface area (Å²) in [7, 11) is -3.58. The molecule has 0 fully saturated rings. The van der Waals surface area contributed by atoms with Crippen LogP contribution in [-0.4, -0.2) is 8.42 Å². The van der Waals surface area contributed by atoms with E-state index in [0.29, 0.717) is 0 Å². The SMILES string of the molecule is C=C(Cl)C(=C)S(=O)(=O)c1ccc(C)cc1. The molecular weight excluding hydrogens is 232 g/mol. The molecule has 0 saturated heterocycles. The summed E-state index contributed by atoms with van der Waals surface area (Å²) in [6.07, 6.45) is 0. The van der Waals surface area contributed by atoms with Crippen molar-refractivity contribution in [1.82, 2.24) is 0 Å². The van der Waals surface area contributed by atoms with E-state index in [-0.39, 0.29) is 14.8 Å². The number of hydrogen-bond donors (Lipinski definition) is 0. The highest BCUT2D eigenvalue weighted by atomic mass is 35.5. The molecule has 1 aromatic rings. The molecule has 2 nitrogen and oxygen atoms in total. The number of benzene rings is 1. The minimum atomic E-state index is -3.58. The summed E-state index contributed by atoms with van der Waals surface area (Å²) in [5.41, 5.74) is 0.990. The fourth-order valence-electron chi connectivity index (χ4n) is 1.01. The highest BCUT2D eigenvalue weighted by Gasteiger charge is 2.19. The monoisotopic (exact) mass is 242 g/mol. The minimum absolute atomic E-state index is 0.0597. The normalized spacial score (nSPS) is 11.1. The second kappa shape index (κ2) is 4.21. The number of aryl methyl sites for hydroxylation is 1. The van der Waals surface area contributed by atoms with Gasteiger partial charge in [0, 0.05) is 0 Å². The van der Waals surface area contributed by atoms with Crippen molar-refractivity contribution in [2.75, 3.05) is 0 Å². The molecule has 4 heteroatoms. The summed E-state index contributed by atoms with van der Waals surface area (Å²) in [6, 6.07) is 6.49. The number of hydrogen-bond acceptors (Lipinski definition) is 2. The lowest BCUT2D eigenvalue weighted by Gasteiger charge is -2.05. The Morgan fingerprint density at radius 1 is 1.20 bits per heavy atom. The van der Waals surface area contributed by atoms with Crippen LogP contribution in [-0.2, 0) is 9.84 Å². The molecule has 0 aliphatic carbocycles. The van der Waals surface area contributed by atoms with Crippen molar-refractivity contribution >= 4 is 21.4 Å². The molecule has 0 saturated carbocycles. The van der Waals surface area contributed by atoms with E-state index in [1.165, 1.54) is 12.1 Å². The zero-order valence-electron chi connectivity index (χ0n) is 8.33. The molecule has 0 amide bonds. The van der Waals surface area contributed by atoms with Gasteiger partial charge in [-0.3, -0.25) is 0 Å². The maximum atomic E-state index is 11.8. The summed E-state index contributed by atoms with van der Waals surface area (Å²) in [5, 5.41) is -0.0597. The van der Waals surface area contributed by atoms with Gasteiger partial charge in [0.25, 0.3) is 0 Å². The van der Waals surface area contributed by atoms with Crippen molar-refractivity contribution in [3.8, 4) is 0 Å². The zero-order valence-corrected chi connectivity index (χ0v) is 9.90. The first-order valence-electron chi connectivity index (χ1n) is 4.21. The van der Waals surface area contributed by atoms with E-state index >= 15 is 0 Å². The summed E-state index contributed by atoms with van der Waals surface area (Å²) >= 11 is 5.52. The quantitative estimate of drug-likeness (QED) is 0.764. The predicted octanol–water partition coefficient (Wildman–Crippen LogP) is 3.03. The summed E-state index contributed by atoms with van der Waals surface area (Å²) in [5.74, 6) is 0. The topological polar surface area (TPSA) is 34.1 Å². The van der Waals surface area contributed by atoms with E-state index in [1.807, 2.05) is 6.92 Å². The van der Waals surface area contributed by atoms with Crippen molar-refractivity contribution in [1.29, 1.82) is 0 Å². The lowest BCUT2D eigenvalue weighted by Crippen LogP contribution is -2.03. The third kappa shape index (κ3) is 2.49. The predicted molar refractivity (Wildman–Crippen MR) is 62.5 cm³/mol. The molecule has 0 aromatic heterocycles. The highest BCUT2D eigenvalue weighted by Crippen LogP contribution is 2.24. The van der Waals surface area contributed by atoms with Crippen LogP contribution in [0.4, 0.5) is 0 Å². The van der Waals surface area contributed by atoms with Gasteiger partial charge in [-0.15, -0.1) is 0 Å². The van der Waals surface area contributed by atoms with Crippen LogP contribution in [0.2, 0.25) is 0 Å².